The first-order valence-corrected chi connectivity index (χ1v) is 7.97. The fourth-order valence-corrected chi connectivity index (χ4v) is 3.26. The Morgan fingerprint density at radius 3 is 2.95 bits per heavy atom. The van der Waals surface area contributed by atoms with Gasteiger partial charge >= 0.3 is 0 Å². The normalized spacial score (nSPS) is 15.8. The van der Waals surface area contributed by atoms with Gasteiger partial charge in [0.2, 0.25) is 0 Å². The van der Waals surface area contributed by atoms with Crippen LogP contribution in [-0.2, 0) is 7.05 Å². The molecule has 0 bridgehead atoms. The van der Waals surface area contributed by atoms with Gasteiger partial charge in [0.15, 0.2) is 0 Å². The highest BCUT2D eigenvalue weighted by Crippen LogP contribution is 2.31. The van der Waals surface area contributed by atoms with Gasteiger partial charge in [0.25, 0.3) is 0 Å². The Balaban J connectivity index is 1.81. The van der Waals surface area contributed by atoms with E-state index in [1.54, 1.807) is 0 Å². The van der Waals surface area contributed by atoms with E-state index in [1.807, 2.05) is 36.5 Å². The lowest BCUT2D eigenvalue weighted by Gasteiger charge is -2.06. The molecule has 0 aromatic carbocycles. The van der Waals surface area contributed by atoms with Crippen LogP contribution >= 0.6 is 0 Å². The van der Waals surface area contributed by atoms with Crippen LogP contribution in [0.1, 0.15) is 37.7 Å². The zero-order chi connectivity index (χ0) is 14.9. The second-order valence-corrected chi connectivity index (χ2v) is 6.05. The molecule has 22 heavy (non-hydrogen) atoms. The number of aromatic nitrogens is 4. The third-order valence-corrected chi connectivity index (χ3v) is 4.46. The molecule has 1 N–H and O–H groups in total. The van der Waals surface area contributed by atoms with E-state index in [9.17, 15) is 0 Å². The van der Waals surface area contributed by atoms with Crippen LogP contribution in [0.15, 0.2) is 36.9 Å². The lowest BCUT2D eigenvalue weighted by molar-refractivity contribution is 0.720. The average Bonchev–Trinajstić information content (AvgIpc) is 3.03. The number of hydrogen-bond acceptors (Lipinski definition) is 2. The number of aromatic amines is 1. The van der Waals surface area contributed by atoms with Gasteiger partial charge in [0.05, 0.1) is 6.20 Å². The number of nitrogens with one attached hydrogen (secondary N) is 1. The van der Waals surface area contributed by atoms with E-state index < -0.39 is 0 Å². The van der Waals surface area contributed by atoms with Crippen LogP contribution in [0.2, 0.25) is 0 Å². The lowest BCUT2D eigenvalue weighted by Crippen LogP contribution is -1.87. The molecule has 0 spiro atoms. The largest absolute Gasteiger partial charge is 0.346 e. The summed E-state index contributed by atoms with van der Waals surface area (Å²) in [5.74, 6) is 0. The summed E-state index contributed by atoms with van der Waals surface area (Å²) in [6, 6.07) is 2.28. The molecule has 4 rings (SSSR count). The van der Waals surface area contributed by atoms with Crippen molar-refractivity contribution in [3.05, 3.63) is 42.5 Å². The van der Waals surface area contributed by atoms with Crippen LogP contribution in [0.4, 0.5) is 0 Å². The Morgan fingerprint density at radius 2 is 2.09 bits per heavy atom. The number of pyridine rings is 1. The van der Waals surface area contributed by atoms with E-state index in [0.29, 0.717) is 0 Å². The van der Waals surface area contributed by atoms with Crippen LogP contribution in [0.5, 0.6) is 0 Å². The van der Waals surface area contributed by atoms with E-state index in [2.05, 4.69) is 27.2 Å². The van der Waals surface area contributed by atoms with Gasteiger partial charge in [0, 0.05) is 42.2 Å². The quantitative estimate of drug-likeness (QED) is 0.765. The topological polar surface area (TPSA) is 46.5 Å². The first-order valence-electron chi connectivity index (χ1n) is 7.97. The first kappa shape index (κ1) is 13.3. The molecule has 0 radical (unpaired) electrons. The van der Waals surface area contributed by atoms with Crippen molar-refractivity contribution in [1.82, 2.24) is 19.7 Å². The van der Waals surface area contributed by atoms with Crippen molar-refractivity contribution in [2.75, 3.05) is 0 Å². The monoisotopic (exact) mass is 292 g/mol. The summed E-state index contributed by atoms with van der Waals surface area (Å²) < 4.78 is 1.83. The second kappa shape index (κ2) is 5.44. The van der Waals surface area contributed by atoms with E-state index in [0.717, 1.165) is 11.2 Å². The molecule has 0 aliphatic heterocycles. The fraction of sp³-hybridized carbons (Fsp3) is 0.333. The Bertz CT molecular complexity index is 838. The van der Waals surface area contributed by atoms with Gasteiger partial charge in [-0.3, -0.25) is 4.68 Å². The third kappa shape index (κ3) is 2.34. The summed E-state index contributed by atoms with van der Waals surface area (Å²) in [5, 5.41) is 5.45. The summed E-state index contributed by atoms with van der Waals surface area (Å²) in [4.78, 5) is 7.89. The minimum Gasteiger partial charge on any atom is -0.346 e. The predicted octanol–water partition coefficient (Wildman–Crippen LogP) is 4.31. The number of allylic oxidation sites excluding steroid dienone is 2. The average molecular weight is 292 g/mol. The van der Waals surface area contributed by atoms with Gasteiger partial charge in [-0.2, -0.15) is 5.10 Å². The van der Waals surface area contributed by atoms with Crippen LogP contribution in [0, 0.1) is 0 Å². The van der Waals surface area contributed by atoms with Crippen LogP contribution < -0.4 is 0 Å². The number of rotatable bonds is 2. The van der Waals surface area contributed by atoms with Gasteiger partial charge < -0.3 is 4.98 Å². The van der Waals surface area contributed by atoms with Crippen molar-refractivity contribution in [2.45, 2.75) is 32.1 Å². The van der Waals surface area contributed by atoms with Crippen molar-refractivity contribution in [3.8, 4) is 11.1 Å². The zero-order valence-corrected chi connectivity index (χ0v) is 12.8. The smallest absolute Gasteiger partial charge is 0.137 e. The summed E-state index contributed by atoms with van der Waals surface area (Å²) in [7, 11) is 1.94. The third-order valence-electron chi connectivity index (χ3n) is 4.46. The molecule has 4 nitrogen and oxygen atoms in total. The van der Waals surface area contributed by atoms with Gasteiger partial charge in [-0.25, -0.2) is 4.98 Å². The fourth-order valence-electron chi connectivity index (χ4n) is 3.26. The Labute approximate surface area is 129 Å². The Morgan fingerprint density at radius 1 is 1.14 bits per heavy atom. The summed E-state index contributed by atoms with van der Waals surface area (Å²) in [6.07, 6.45) is 16.7. The number of H-pyrrole nitrogens is 1. The zero-order valence-electron chi connectivity index (χ0n) is 12.8. The van der Waals surface area contributed by atoms with Gasteiger partial charge in [-0.15, -0.1) is 0 Å². The Kier molecular flexibility index (Phi) is 3.29. The number of aryl methyl sites for hydroxylation is 1. The summed E-state index contributed by atoms with van der Waals surface area (Å²) >= 11 is 0. The number of hydrogen-bond donors (Lipinski definition) is 1. The van der Waals surface area contributed by atoms with E-state index in [4.69, 9.17) is 0 Å². The maximum Gasteiger partial charge on any atom is 0.137 e. The first-order chi connectivity index (χ1) is 10.8. The van der Waals surface area contributed by atoms with Gasteiger partial charge in [0.1, 0.15) is 5.65 Å². The van der Waals surface area contributed by atoms with E-state index >= 15 is 0 Å². The molecular weight excluding hydrogens is 272 g/mol. The van der Waals surface area contributed by atoms with Gasteiger partial charge in [-0.05, 0) is 42.9 Å². The van der Waals surface area contributed by atoms with Gasteiger partial charge in [-0.1, -0.05) is 12.5 Å². The molecular formula is C18H20N4. The van der Waals surface area contributed by atoms with Crippen LogP contribution in [0.3, 0.4) is 0 Å². The standard InChI is InChI=1S/C18H20N4/c1-22-12-15(10-21-22)17-11-20-18-16(17)8-14(9-19-18)13-6-4-2-3-5-7-13/h6,8-12H,2-5,7H2,1H3,(H,19,20). The minimum atomic E-state index is 0.942. The van der Waals surface area contributed by atoms with Crippen LogP contribution in [0.25, 0.3) is 27.7 Å². The number of fused-ring (bicyclic) bond motifs is 1. The molecule has 3 aromatic heterocycles. The highest BCUT2D eigenvalue weighted by atomic mass is 15.2. The molecule has 0 saturated heterocycles. The molecule has 3 aromatic rings. The molecule has 1 aliphatic carbocycles. The predicted molar refractivity (Wildman–Crippen MR) is 89.4 cm³/mol. The summed E-state index contributed by atoms with van der Waals surface area (Å²) in [5.41, 5.74) is 5.95. The van der Waals surface area contributed by atoms with Crippen molar-refractivity contribution in [1.29, 1.82) is 0 Å². The molecule has 4 heteroatoms. The highest BCUT2D eigenvalue weighted by Gasteiger charge is 2.12. The molecule has 0 fully saturated rings. The maximum absolute atomic E-state index is 4.62. The molecule has 0 unspecified atom stereocenters. The molecule has 0 atom stereocenters. The molecule has 0 amide bonds. The lowest BCUT2D eigenvalue weighted by atomic mass is 10.0. The molecule has 3 heterocycles. The van der Waals surface area contributed by atoms with Crippen molar-refractivity contribution >= 4 is 16.6 Å². The number of nitrogens with zero attached hydrogens (tertiary/aromatic N) is 3. The highest BCUT2D eigenvalue weighted by molar-refractivity contribution is 5.94. The summed E-state index contributed by atoms with van der Waals surface area (Å²) in [6.45, 7) is 0. The van der Waals surface area contributed by atoms with E-state index in [-0.39, 0.29) is 0 Å². The molecule has 0 saturated carbocycles. The molecule has 1 aliphatic rings. The molecule has 112 valence electrons. The van der Waals surface area contributed by atoms with Crippen molar-refractivity contribution in [2.24, 2.45) is 7.05 Å². The van der Waals surface area contributed by atoms with Crippen LogP contribution in [-0.4, -0.2) is 19.7 Å². The minimum absolute atomic E-state index is 0.942. The van der Waals surface area contributed by atoms with Crippen molar-refractivity contribution in [3.63, 3.8) is 0 Å². The van der Waals surface area contributed by atoms with Crippen molar-refractivity contribution < 1.29 is 0 Å². The Hall–Kier alpha value is -2.36. The second-order valence-electron chi connectivity index (χ2n) is 6.05. The van der Waals surface area contributed by atoms with E-state index in [1.165, 1.54) is 54.2 Å². The SMILES string of the molecule is Cn1cc(-c2c[nH]c3ncc(C4=CCCCCC4)cc23)cn1. The maximum atomic E-state index is 4.62.